The molecule has 0 unspecified atom stereocenters. The van der Waals surface area contributed by atoms with Gasteiger partial charge in [0.25, 0.3) is 10.0 Å². The summed E-state index contributed by atoms with van der Waals surface area (Å²) in [7, 11) is -4.18. The smallest absolute Gasteiger partial charge is 0.264 e. The Labute approximate surface area is 258 Å². The minimum Gasteiger partial charge on any atom is -0.494 e. The number of nitrogens with one attached hydrogen (secondary N) is 1. The highest BCUT2D eigenvalue weighted by Crippen LogP contribution is 2.28. The number of anilines is 1. The first kappa shape index (κ1) is 33.2. The summed E-state index contributed by atoms with van der Waals surface area (Å²) in [6, 6.07) is 16.8. The zero-order valence-electron chi connectivity index (χ0n) is 24.4. The molecule has 0 bridgehead atoms. The molecule has 3 aromatic carbocycles. The third-order valence-electron chi connectivity index (χ3n) is 6.53. The first-order valence-corrected chi connectivity index (χ1v) is 15.9. The van der Waals surface area contributed by atoms with E-state index in [-0.39, 0.29) is 29.0 Å². The minimum atomic E-state index is -4.18. The van der Waals surface area contributed by atoms with E-state index < -0.39 is 28.5 Å². The van der Waals surface area contributed by atoms with Crippen LogP contribution in [0.25, 0.3) is 0 Å². The van der Waals surface area contributed by atoms with Gasteiger partial charge in [-0.25, -0.2) is 8.42 Å². The number of carbonyl (C=O) groups is 2. The second kappa shape index (κ2) is 14.8. The predicted molar refractivity (Wildman–Crippen MR) is 168 cm³/mol. The first-order chi connectivity index (χ1) is 19.8. The standard InChI is InChI=1S/C31H37Cl2N3O5S/c1-6-41-27-13-11-26(12-14-27)36(42(39,40)28-15-7-22(4)8-16-28)20-30(37)35(23(5)31(38)34-18-21(2)3)19-24-9-10-25(32)17-29(24)33/h7-17,21,23H,6,18-20H2,1-5H3,(H,34,38)/t23-/m1/s1. The van der Waals surface area contributed by atoms with Crippen LogP contribution in [0.5, 0.6) is 5.75 Å². The summed E-state index contributed by atoms with van der Waals surface area (Å²) in [6.07, 6.45) is 0. The maximum absolute atomic E-state index is 14.0. The number of halogens is 2. The molecule has 0 aliphatic rings. The molecule has 0 spiro atoms. The Balaban J connectivity index is 2.04. The van der Waals surface area contributed by atoms with Crippen molar-refractivity contribution in [1.29, 1.82) is 0 Å². The fourth-order valence-electron chi connectivity index (χ4n) is 4.11. The van der Waals surface area contributed by atoms with Crippen molar-refractivity contribution < 1.29 is 22.7 Å². The first-order valence-electron chi connectivity index (χ1n) is 13.7. The van der Waals surface area contributed by atoms with Gasteiger partial charge in [-0.2, -0.15) is 0 Å². The third kappa shape index (κ3) is 8.63. The summed E-state index contributed by atoms with van der Waals surface area (Å²) in [5, 5.41) is 3.61. The summed E-state index contributed by atoms with van der Waals surface area (Å²) >= 11 is 12.5. The Morgan fingerprint density at radius 3 is 2.17 bits per heavy atom. The molecule has 0 saturated heterocycles. The molecule has 1 atom stereocenters. The zero-order valence-corrected chi connectivity index (χ0v) is 26.8. The monoisotopic (exact) mass is 633 g/mol. The van der Waals surface area contributed by atoms with Crippen molar-refractivity contribution in [3.8, 4) is 5.75 Å². The molecule has 8 nitrogen and oxygen atoms in total. The number of ether oxygens (including phenoxy) is 1. The van der Waals surface area contributed by atoms with Gasteiger partial charge in [0, 0.05) is 23.1 Å². The van der Waals surface area contributed by atoms with Crippen LogP contribution in [0, 0.1) is 12.8 Å². The number of nitrogens with zero attached hydrogens (tertiary/aromatic N) is 2. The maximum atomic E-state index is 14.0. The molecule has 226 valence electrons. The van der Waals surface area contributed by atoms with E-state index in [0.29, 0.717) is 34.5 Å². The van der Waals surface area contributed by atoms with E-state index >= 15 is 0 Å². The number of rotatable bonds is 13. The van der Waals surface area contributed by atoms with Gasteiger partial charge in [-0.3, -0.25) is 13.9 Å². The predicted octanol–water partition coefficient (Wildman–Crippen LogP) is 6.09. The Kier molecular flexibility index (Phi) is 11.7. The molecule has 3 aromatic rings. The van der Waals surface area contributed by atoms with E-state index in [1.165, 1.54) is 17.0 Å². The molecule has 11 heteroatoms. The van der Waals surface area contributed by atoms with Gasteiger partial charge >= 0.3 is 0 Å². The highest BCUT2D eigenvalue weighted by molar-refractivity contribution is 7.92. The molecular weight excluding hydrogens is 597 g/mol. The van der Waals surface area contributed by atoms with Crippen LogP contribution < -0.4 is 14.4 Å². The lowest BCUT2D eigenvalue weighted by Gasteiger charge is -2.32. The topological polar surface area (TPSA) is 96.0 Å². The van der Waals surface area contributed by atoms with Crippen molar-refractivity contribution in [3.05, 3.63) is 87.9 Å². The van der Waals surface area contributed by atoms with Crippen LogP contribution >= 0.6 is 23.2 Å². The SMILES string of the molecule is CCOc1ccc(N(CC(=O)N(Cc2ccc(Cl)cc2Cl)[C@H](C)C(=O)NCC(C)C)S(=O)(=O)c2ccc(C)cc2)cc1. The van der Waals surface area contributed by atoms with Gasteiger partial charge in [0.1, 0.15) is 18.3 Å². The normalized spacial score (nSPS) is 12.1. The molecule has 0 aromatic heterocycles. The van der Waals surface area contributed by atoms with Gasteiger partial charge < -0.3 is 15.0 Å². The number of aryl methyl sites for hydroxylation is 1. The minimum absolute atomic E-state index is 0.0322. The molecule has 42 heavy (non-hydrogen) atoms. The molecule has 0 radical (unpaired) electrons. The number of sulfonamides is 1. The van der Waals surface area contributed by atoms with Gasteiger partial charge in [0.05, 0.1) is 17.2 Å². The average Bonchev–Trinajstić information content (AvgIpc) is 2.94. The largest absolute Gasteiger partial charge is 0.494 e. The van der Waals surface area contributed by atoms with E-state index in [0.717, 1.165) is 9.87 Å². The molecule has 2 amide bonds. The van der Waals surface area contributed by atoms with Gasteiger partial charge in [-0.05, 0) is 80.8 Å². The number of carbonyl (C=O) groups excluding carboxylic acids is 2. The van der Waals surface area contributed by atoms with Crippen molar-refractivity contribution in [2.24, 2.45) is 5.92 Å². The average molecular weight is 635 g/mol. The lowest BCUT2D eigenvalue weighted by atomic mass is 10.1. The number of hydrogen-bond acceptors (Lipinski definition) is 5. The molecule has 0 heterocycles. The van der Waals surface area contributed by atoms with Gasteiger partial charge in [0.2, 0.25) is 11.8 Å². The molecule has 0 saturated carbocycles. The van der Waals surface area contributed by atoms with Crippen LogP contribution in [0.4, 0.5) is 5.69 Å². The summed E-state index contributed by atoms with van der Waals surface area (Å²) in [4.78, 5) is 28.5. The van der Waals surface area contributed by atoms with Crippen molar-refractivity contribution in [2.75, 3.05) is 24.0 Å². The molecule has 0 fully saturated rings. The van der Waals surface area contributed by atoms with Gasteiger partial charge in [0.15, 0.2) is 0 Å². The van der Waals surface area contributed by atoms with Crippen LogP contribution in [-0.4, -0.2) is 50.9 Å². The summed E-state index contributed by atoms with van der Waals surface area (Å²) < 4.78 is 34.5. The molecular formula is C31H37Cl2N3O5S. The van der Waals surface area contributed by atoms with Gasteiger partial charge in [-0.1, -0.05) is 60.8 Å². The fraction of sp³-hybridized carbons (Fsp3) is 0.355. The Morgan fingerprint density at radius 2 is 1.60 bits per heavy atom. The van der Waals surface area contributed by atoms with Crippen molar-refractivity contribution >= 4 is 50.7 Å². The number of benzene rings is 3. The van der Waals surface area contributed by atoms with E-state index in [4.69, 9.17) is 27.9 Å². The lowest BCUT2D eigenvalue weighted by molar-refractivity contribution is -0.139. The van der Waals surface area contributed by atoms with E-state index in [1.54, 1.807) is 61.5 Å². The number of hydrogen-bond donors (Lipinski definition) is 1. The second-order valence-corrected chi connectivity index (χ2v) is 13.0. The maximum Gasteiger partial charge on any atom is 0.264 e. The molecule has 3 rings (SSSR count). The van der Waals surface area contributed by atoms with E-state index in [9.17, 15) is 18.0 Å². The van der Waals surface area contributed by atoms with Crippen LogP contribution in [0.2, 0.25) is 10.0 Å². The molecule has 0 aliphatic heterocycles. The van der Waals surface area contributed by atoms with Crippen molar-refractivity contribution in [3.63, 3.8) is 0 Å². The number of amides is 2. The van der Waals surface area contributed by atoms with Crippen LogP contribution in [0.1, 0.15) is 38.8 Å². The van der Waals surface area contributed by atoms with Crippen molar-refractivity contribution in [1.82, 2.24) is 10.2 Å². The van der Waals surface area contributed by atoms with E-state index in [2.05, 4.69) is 5.32 Å². The highest BCUT2D eigenvalue weighted by Gasteiger charge is 2.33. The lowest BCUT2D eigenvalue weighted by Crippen LogP contribution is -2.51. The van der Waals surface area contributed by atoms with Crippen LogP contribution in [0.3, 0.4) is 0 Å². The van der Waals surface area contributed by atoms with Crippen LogP contribution in [-0.2, 0) is 26.2 Å². The zero-order chi connectivity index (χ0) is 31.0. The van der Waals surface area contributed by atoms with Gasteiger partial charge in [-0.15, -0.1) is 0 Å². The second-order valence-electron chi connectivity index (χ2n) is 10.3. The van der Waals surface area contributed by atoms with Crippen molar-refractivity contribution in [2.45, 2.75) is 52.1 Å². The molecule has 0 aliphatic carbocycles. The van der Waals surface area contributed by atoms with Crippen LogP contribution in [0.15, 0.2) is 71.6 Å². The highest BCUT2D eigenvalue weighted by atomic mass is 35.5. The summed E-state index contributed by atoms with van der Waals surface area (Å²) in [5.41, 5.74) is 1.73. The summed E-state index contributed by atoms with van der Waals surface area (Å²) in [5.74, 6) is -0.186. The quantitative estimate of drug-likeness (QED) is 0.246. The Hall–Kier alpha value is -3.27. The fourth-order valence-corrected chi connectivity index (χ4v) is 5.99. The Morgan fingerprint density at radius 1 is 0.952 bits per heavy atom. The Bertz CT molecular complexity index is 1480. The molecule has 1 N–H and O–H groups in total. The van der Waals surface area contributed by atoms with E-state index in [1.807, 2.05) is 27.7 Å². The third-order valence-corrected chi connectivity index (χ3v) is 8.91. The summed E-state index contributed by atoms with van der Waals surface area (Å²) in [6.45, 7) is 9.51.